The first-order chi connectivity index (χ1) is 12.0. The Labute approximate surface area is 147 Å². The summed E-state index contributed by atoms with van der Waals surface area (Å²) in [5, 5.41) is 4.56. The largest absolute Gasteiger partial charge is 0.303 e. The minimum Gasteiger partial charge on any atom is -0.303 e. The molecule has 1 saturated carbocycles. The Kier molecular flexibility index (Phi) is 3.67. The van der Waals surface area contributed by atoms with Gasteiger partial charge >= 0.3 is 0 Å². The van der Waals surface area contributed by atoms with E-state index in [9.17, 15) is 9.18 Å². The van der Waals surface area contributed by atoms with Gasteiger partial charge in [0.05, 0.1) is 17.6 Å². The summed E-state index contributed by atoms with van der Waals surface area (Å²) in [5.41, 5.74) is 4.67. The van der Waals surface area contributed by atoms with E-state index >= 15 is 0 Å². The lowest BCUT2D eigenvalue weighted by Crippen LogP contribution is -2.39. The van der Waals surface area contributed by atoms with E-state index in [0.717, 1.165) is 43.4 Å². The molecule has 130 valence electrons. The van der Waals surface area contributed by atoms with E-state index < -0.39 is 0 Å². The van der Waals surface area contributed by atoms with Crippen molar-refractivity contribution in [3.8, 4) is 5.69 Å². The number of nitrogens with zero attached hydrogens (tertiary/aromatic N) is 2. The molecule has 2 aliphatic carbocycles. The molecular formula is C21H23FN2O. The maximum Gasteiger partial charge on any atom is 0.123 e. The van der Waals surface area contributed by atoms with Crippen molar-refractivity contribution < 1.29 is 9.18 Å². The Morgan fingerprint density at radius 3 is 2.76 bits per heavy atom. The number of rotatable bonds is 4. The number of hydrogen-bond donors (Lipinski definition) is 0. The molecule has 1 heterocycles. The molecule has 0 N–H and O–H groups in total. The van der Waals surface area contributed by atoms with Crippen LogP contribution in [0.15, 0.2) is 36.0 Å². The molecule has 0 saturated heterocycles. The number of hydrogen-bond acceptors (Lipinski definition) is 2. The molecule has 0 spiro atoms. The van der Waals surface area contributed by atoms with Crippen LogP contribution in [0, 0.1) is 16.6 Å². The van der Waals surface area contributed by atoms with Gasteiger partial charge in [-0.3, -0.25) is 0 Å². The van der Waals surface area contributed by atoms with E-state index in [4.69, 9.17) is 0 Å². The van der Waals surface area contributed by atoms with Crippen LogP contribution in [0.3, 0.4) is 0 Å². The maximum atomic E-state index is 13.2. The van der Waals surface area contributed by atoms with Crippen molar-refractivity contribution in [2.45, 2.75) is 46.0 Å². The molecule has 1 fully saturated rings. The first-order valence-corrected chi connectivity index (χ1v) is 9.00. The quantitative estimate of drug-likeness (QED) is 0.755. The molecule has 3 nitrogen and oxygen atoms in total. The van der Waals surface area contributed by atoms with Gasteiger partial charge in [-0.1, -0.05) is 19.4 Å². The van der Waals surface area contributed by atoms with Gasteiger partial charge in [0.2, 0.25) is 0 Å². The predicted molar refractivity (Wildman–Crippen MR) is 95.9 cm³/mol. The van der Waals surface area contributed by atoms with Crippen LogP contribution in [0.25, 0.3) is 11.8 Å². The normalized spacial score (nSPS) is 27.6. The third-order valence-electron chi connectivity index (χ3n) is 6.72. The molecular weight excluding hydrogens is 315 g/mol. The van der Waals surface area contributed by atoms with Gasteiger partial charge in [0.1, 0.15) is 12.1 Å². The summed E-state index contributed by atoms with van der Waals surface area (Å²) in [6.07, 6.45) is 9.94. The Morgan fingerprint density at radius 2 is 2.08 bits per heavy atom. The average molecular weight is 338 g/mol. The Balaban J connectivity index is 1.79. The zero-order chi connectivity index (χ0) is 17.7. The summed E-state index contributed by atoms with van der Waals surface area (Å²) >= 11 is 0. The third kappa shape index (κ3) is 2.23. The fourth-order valence-corrected chi connectivity index (χ4v) is 5.01. The fourth-order valence-electron chi connectivity index (χ4n) is 5.01. The monoisotopic (exact) mass is 338 g/mol. The van der Waals surface area contributed by atoms with Gasteiger partial charge in [0.15, 0.2) is 0 Å². The zero-order valence-corrected chi connectivity index (χ0v) is 14.8. The zero-order valence-electron chi connectivity index (χ0n) is 14.8. The average Bonchev–Trinajstić information content (AvgIpc) is 3.13. The molecule has 0 bridgehead atoms. The van der Waals surface area contributed by atoms with Crippen molar-refractivity contribution in [2.75, 3.05) is 0 Å². The van der Waals surface area contributed by atoms with Crippen LogP contribution < -0.4 is 0 Å². The molecule has 1 aromatic carbocycles. The summed E-state index contributed by atoms with van der Waals surface area (Å²) < 4.78 is 15.1. The van der Waals surface area contributed by atoms with Crippen LogP contribution in [-0.4, -0.2) is 16.1 Å². The molecule has 4 heteroatoms. The van der Waals surface area contributed by atoms with Crippen LogP contribution in [0.5, 0.6) is 0 Å². The van der Waals surface area contributed by atoms with Crippen LogP contribution in [0.2, 0.25) is 0 Å². The second-order valence-corrected chi connectivity index (χ2v) is 7.63. The first-order valence-electron chi connectivity index (χ1n) is 9.00. The highest BCUT2D eigenvalue weighted by Gasteiger charge is 2.54. The van der Waals surface area contributed by atoms with E-state index in [1.165, 1.54) is 23.3 Å². The van der Waals surface area contributed by atoms with Gasteiger partial charge in [-0.05, 0) is 72.4 Å². The number of benzene rings is 1. The van der Waals surface area contributed by atoms with Crippen LogP contribution in [0.1, 0.15) is 50.8 Å². The standard InChI is InChI=1S/C21H23FN2O/c1-3-21(10-11-25)9-8-16-12-19-15(13-20(16,21)2)14-23-24(19)18-6-4-17(22)5-7-18/h4-7,11-12,14H,3,8-10,13H2,1-2H3/t20-,21-/m0/s1. The van der Waals surface area contributed by atoms with Gasteiger partial charge in [-0.25, -0.2) is 9.07 Å². The van der Waals surface area contributed by atoms with Gasteiger partial charge in [0.25, 0.3) is 0 Å². The second kappa shape index (κ2) is 5.65. The van der Waals surface area contributed by atoms with Crippen molar-refractivity contribution in [1.82, 2.24) is 9.78 Å². The number of carbonyl (C=O) groups excluding carboxylic acids is 1. The molecule has 0 radical (unpaired) electrons. The lowest BCUT2D eigenvalue weighted by molar-refractivity contribution is -0.111. The highest BCUT2D eigenvalue weighted by molar-refractivity contribution is 5.63. The maximum absolute atomic E-state index is 13.2. The summed E-state index contributed by atoms with van der Waals surface area (Å²) in [4.78, 5) is 11.3. The van der Waals surface area contributed by atoms with Crippen LogP contribution >= 0.6 is 0 Å². The summed E-state index contributed by atoms with van der Waals surface area (Å²) in [6, 6.07) is 6.44. The number of carbonyl (C=O) groups is 1. The summed E-state index contributed by atoms with van der Waals surface area (Å²) in [5.74, 6) is -0.243. The molecule has 2 aliphatic rings. The van der Waals surface area contributed by atoms with Crippen molar-refractivity contribution in [1.29, 1.82) is 0 Å². The van der Waals surface area contributed by atoms with Crippen molar-refractivity contribution in [3.63, 3.8) is 0 Å². The molecule has 0 aliphatic heterocycles. The topological polar surface area (TPSA) is 34.9 Å². The summed E-state index contributed by atoms with van der Waals surface area (Å²) in [7, 11) is 0. The van der Waals surface area contributed by atoms with Gasteiger partial charge in [0, 0.05) is 6.42 Å². The van der Waals surface area contributed by atoms with E-state index in [2.05, 4.69) is 25.0 Å². The Hall–Kier alpha value is -2.23. The van der Waals surface area contributed by atoms with E-state index in [1.807, 2.05) is 10.9 Å². The lowest BCUT2D eigenvalue weighted by Gasteiger charge is -2.45. The van der Waals surface area contributed by atoms with Crippen LogP contribution in [0.4, 0.5) is 4.39 Å². The third-order valence-corrected chi connectivity index (χ3v) is 6.72. The predicted octanol–water partition coefficient (Wildman–Crippen LogP) is 4.74. The molecule has 4 rings (SSSR count). The minimum absolute atomic E-state index is 0.0202. The number of aldehydes is 1. The summed E-state index contributed by atoms with van der Waals surface area (Å²) in [6.45, 7) is 4.52. The fraction of sp³-hybridized carbons (Fsp3) is 0.429. The number of fused-ring (bicyclic) bond motifs is 2. The highest BCUT2D eigenvalue weighted by Crippen LogP contribution is 2.62. The molecule has 0 amide bonds. The number of allylic oxidation sites excluding steroid dienone is 1. The van der Waals surface area contributed by atoms with Gasteiger partial charge < -0.3 is 4.79 Å². The Morgan fingerprint density at radius 1 is 1.32 bits per heavy atom. The molecule has 25 heavy (non-hydrogen) atoms. The van der Waals surface area contributed by atoms with Crippen molar-refractivity contribution in [3.05, 3.63) is 53.1 Å². The van der Waals surface area contributed by atoms with E-state index in [-0.39, 0.29) is 16.6 Å². The van der Waals surface area contributed by atoms with Crippen LogP contribution in [-0.2, 0) is 11.2 Å². The molecule has 2 atom stereocenters. The first kappa shape index (κ1) is 16.2. The highest BCUT2D eigenvalue weighted by atomic mass is 19.1. The number of aromatic nitrogens is 2. The minimum atomic E-state index is -0.243. The number of halogens is 1. The lowest BCUT2D eigenvalue weighted by atomic mass is 9.58. The molecule has 1 aromatic heterocycles. The molecule has 0 unspecified atom stereocenters. The second-order valence-electron chi connectivity index (χ2n) is 7.63. The van der Waals surface area contributed by atoms with Gasteiger partial charge in [-0.2, -0.15) is 5.10 Å². The van der Waals surface area contributed by atoms with Crippen molar-refractivity contribution >= 4 is 12.4 Å². The smallest absolute Gasteiger partial charge is 0.123 e. The van der Waals surface area contributed by atoms with Crippen molar-refractivity contribution in [2.24, 2.45) is 10.8 Å². The van der Waals surface area contributed by atoms with Gasteiger partial charge in [-0.15, -0.1) is 0 Å². The van der Waals surface area contributed by atoms with E-state index in [0.29, 0.717) is 6.42 Å². The SMILES string of the molecule is CC[C@@]1(CC=O)CCC2=Cc3c(cnn3-c3ccc(F)cc3)C[C@@]21C. The molecule has 2 aromatic rings. The Bertz CT molecular complexity index is 851. The van der Waals surface area contributed by atoms with E-state index in [1.54, 1.807) is 12.1 Å².